The summed E-state index contributed by atoms with van der Waals surface area (Å²) in [5, 5.41) is 3.21. The number of amides is 1. The number of Topliss-reactive ketones (excluding diaryl/α,β-unsaturated/α-hetero) is 1. The number of halogens is 3. The van der Waals surface area contributed by atoms with Gasteiger partial charge in [0, 0.05) is 138 Å². The fraction of sp³-hybridized carbons (Fsp3) is 0.287. The van der Waals surface area contributed by atoms with Crippen LogP contribution >= 0.6 is 34.8 Å². The van der Waals surface area contributed by atoms with E-state index < -0.39 is 0 Å². The van der Waals surface area contributed by atoms with Crippen molar-refractivity contribution in [1.82, 2.24) is 54.7 Å². The zero-order valence-corrected chi connectivity index (χ0v) is 70.0. The highest BCUT2D eigenvalue weighted by Crippen LogP contribution is 2.39. The van der Waals surface area contributed by atoms with E-state index in [0.717, 1.165) is 124 Å². The SMILES string of the molecule is CC.CC(=O)c1cc2cc(Cl)ccc2[nH]1.CC(c1ccccc1)c1ccc(Cl)cc1.CN(Cc1ccccc1)c1ccccn1.COC(=O)N1CCC(=C2c3ccc(Cl)cc3CCc3cccnc32)CC1.COc1cccc(CN2CCCCC2)c1.Cc1[nH]cnc1CCN.Cc1cnc[nH]1.NCCc1cnc(-c2ccccc2)[nH]1. The van der Waals surface area contributed by atoms with Crippen molar-refractivity contribution >= 4 is 69.0 Å². The van der Waals surface area contributed by atoms with Gasteiger partial charge >= 0.3 is 6.09 Å². The number of ether oxygens (including phenoxy) is 2. The number of aromatic nitrogens is 9. The van der Waals surface area contributed by atoms with Crippen LogP contribution in [0, 0.1) is 13.8 Å². The second-order valence-electron chi connectivity index (χ2n) is 27.5. The average molecular weight is 1610 g/mol. The van der Waals surface area contributed by atoms with E-state index >= 15 is 0 Å². The summed E-state index contributed by atoms with van der Waals surface area (Å²) in [5.41, 5.74) is 30.6. The first-order valence-corrected chi connectivity index (χ1v) is 40.4. The van der Waals surface area contributed by atoms with E-state index in [1.807, 2.05) is 155 Å². The number of aromatic amines is 4. The number of nitrogens with two attached hydrogens (primary N) is 2. The number of piperidine rings is 2. The maximum Gasteiger partial charge on any atom is 0.409 e. The molecular weight excluding hydrogens is 1500 g/mol. The molecule has 6 aromatic heterocycles. The second kappa shape index (κ2) is 49.0. The van der Waals surface area contributed by atoms with Crippen LogP contribution in [-0.2, 0) is 43.5 Å². The minimum atomic E-state index is -0.249. The molecule has 8 N–H and O–H groups in total. The molecule has 115 heavy (non-hydrogen) atoms. The Hall–Kier alpha value is -11.0. The fourth-order valence-corrected chi connectivity index (χ4v) is 13.6. The number of fused-ring (bicyclic) bond motifs is 3. The Morgan fingerprint density at radius 2 is 1.23 bits per heavy atom. The molecule has 0 bridgehead atoms. The van der Waals surface area contributed by atoms with Crippen molar-refractivity contribution in [3.63, 3.8) is 0 Å². The van der Waals surface area contributed by atoms with Crippen LogP contribution in [0.3, 0.4) is 0 Å². The van der Waals surface area contributed by atoms with Crippen LogP contribution in [0.4, 0.5) is 10.6 Å². The number of anilines is 1. The van der Waals surface area contributed by atoms with Crippen LogP contribution < -0.4 is 21.1 Å². The average Bonchev–Trinajstić information content (AvgIpc) is 1.71. The van der Waals surface area contributed by atoms with Gasteiger partial charge in [0.2, 0.25) is 0 Å². The topological polar surface area (TPSA) is 242 Å². The van der Waals surface area contributed by atoms with Crippen LogP contribution in [0.25, 0.3) is 27.9 Å². The molecular formula is C94H111Cl3N14O4. The first-order chi connectivity index (χ1) is 56.0. The van der Waals surface area contributed by atoms with Gasteiger partial charge in [0.05, 0.1) is 44.0 Å². The maximum atomic E-state index is 11.8. The number of hydrogen-bond donors (Lipinski definition) is 6. The molecule has 18 nitrogen and oxygen atoms in total. The third-order valence-corrected chi connectivity index (χ3v) is 20.0. The van der Waals surface area contributed by atoms with Gasteiger partial charge in [-0.1, -0.05) is 201 Å². The number of H-pyrrole nitrogens is 4. The molecule has 16 rings (SSSR count). The number of methoxy groups -OCH3 is 2. The number of aryl methyl sites for hydroxylation is 4. The van der Waals surface area contributed by atoms with E-state index in [4.69, 9.17) is 60.7 Å². The molecule has 0 saturated carbocycles. The van der Waals surface area contributed by atoms with Crippen LogP contribution in [0.15, 0.2) is 255 Å². The smallest absolute Gasteiger partial charge is 0.409 e. The number of ketones is 1. The van der Waals surface area contributed by atoms with Gasteiger partial charge in [0.1, 0.15) is 17.4 Å². The Morgan fingerprint density at radius 1 is 0.591 bits per heavy atom. The number of carbonyl (C=O) groups excluding carboxylic acids is 2. The molecule has 1 aliphatic carbocycles. The van der Waals surface area contributed by atoms with Crippen molar-refractivity contribution in [1.29, 1.82) is 0 Å². The molecule has 21 heteroatoms. The molecule has 1 atom stereocenters. The molecule has 1 amide bonds. The summed E-state index contributed by atoms with van der Waals surface area (Å²) >= 11 is 17.9. The van der Waals surface area contributed by atoms with E-state index in [1.54, 1.807) is 36.9 Å². The van der Waals surface area contributed by atoms with Crippen LogP contribution in [0.1, 0.15) is 144 Å². The molecule has 3 aliphatic rings. The zero-order chi connectivity index (χ0) is 82.1. The van der Waals surface area contributed by atoms with Crippen molar-refractivity contribution in [2.24, 2.45) is 11.5 Å². The Bertz CT molecular complexity index is 4970. The minimum absolute atomic E-state index is 0.0346. The van der Waals surface area contributed by atoms with Gasteiger partial charge in [-0.05, 0) is 196 Å². The lowest BCUT2D eigenvalue weighted by molar-refractivity contribution is 0.101. The molecule has 602 valence electrons. The number of pyridine rings is 2. The number of benzene rings is 7. The summed E-state index contributed by atoms with van der Waals surface area (Å²) in [5.74, 6) is 3.33. The highest BCUT2D eigenvalue weighted by molar-refractivity contribution is 6.31. The maximum absolute atomic E-state index is 11.8. The number of likely N-dealkylation sites (tertiary alicyclic amines) is 2. The quantitative estimate of drug-likeness (QED) is 0.0556. The lowest BCUT2D eigenvalue weighted by atomic mass is 9.88. The monoisotopic (exact) mass is 1600 g/mol. The van der Waals surface area contributed by atoms with Crippen molar-refractivity contribution in [2.75, 3.05) is 65.4 Å². The van der Waals surface area contributed by atoms with Gasteiger partial charge in [0.25, 0.3) is 0 Å². The predicted molar refractivity (Wildman–Crippen MR) is 474 cm³/mol. The number of nitrogens with one attached hydrogen (secondary N) is 4. The van der Waals surface area contributed by atoms with Gasteiger partial charge in [-0.2, -0.15) is 0 Å². The molecule has 13 aromatic rings. The summed E-state index contributed by atoms with van der Waals surface area (Å²) in [6, 6.07) is 70.9. The van der Waals surface area contributed by atoms with E-state index in [0.29, 0.717) is 42.8 Å². The Kier molecular flexibility index (Phi) is 38.1. The zero-order valence-electron chi connectivity index (χ0n) is 67.8. The number of rotatable bonds is 14. The van der Waals surface area contributed by atoms with Gasteiger partial charge in [-0.3, -0.25) is 14.7 Å². The summed E-state index contributed by atoms with van der Waals surface area (Å²) in [7, 11) is 5.21. The van der Waals surface area contributed by atoms with Crippen molar-refractivity contribution in [3.8, 4) is 17.1 Å². The molecule has 0 spiro atoms. The normalized spacial score (nSPS) is 12.7. The highest BCUT2D eigenvalue weighted by Gasteiger charge is 2.27. The van der Waals surface area contributed by atoms with Crippen LogP contribution in [-0.4, -0.2) is 127 Å². The first-order valence-electron chi connectivity index (χ1n) is 39.3. The third kappa shape index (κ3) is 29.4. The minimum Gasteiger partial charge on any atom is -0.497 e. The van der Waals surface area contributed by atoms with E-state index in [1.165, 1.54) is 96.5 Å². The number of nitrogens with zero attached hydrogens (tertiary/aromatic N) is 8. The van der Waals surface area contributed by atoms with Crippen molar-refractivity contribution in [3.05, 3.63) is 344 Å². The third-order valence-electron chi connectivity index (χ3n) is 19.2. The second-order valence-corrected chi connectivity index (χ2v) is 28.8. The van der Waals surface area contributed by atoms with Gasteiger partial charge in [-0.25, -0.2) is 24.7 Å². The van der Waals surface area contributed by atoms with Gasteiger partial charge in [0.15, 0.2) is 5.78 Å². The summed E-state index contributed by atoms with van der Waals surface area (Å²) in [6.07, 6.45) is 19.8. The first kappa shape index (κ1) is 89.6. The van der Waals surface area contributed by atoms with Gasteiger partial charge in [-0.15, -0.1) is 0 Å². The Labute approximate surface area is 694 Å². The van der Waals surface area contributed by atoms with Crippen LogP contribution in [0.2, 0.25) is 15.1 Å². The molecule has 1 unspecified atom stereocenters. The number of carbonyl (C=O) groups is 2. The van der Waals surface area contributed by atoms with Crippen molar-refractivity contribution < 1.29 is 19.1 Å². The molecule has 7 aromatic carbocycles. The predicted octanol–water partition coefficient (Wildman–Crippen LogP) is 21.0. The standard InChI is InChI=1S/C21H21ClN2O2.C14H13Cl.C13H14N2.C13H19NO.C11H13N3.C10H8ClNO.C6H11N3.C4H6N2.C2H6/c1-26-21(25)24-11-8-14(9-12-24)19-18-7-6-17(22)13-16(18)5-4-15-3-2-10-23-20(15)19;1-11(12-5-3-2-4-6-12)13-7-9-14(15)10-8-13;1-15(13-9-5-6-10-14-13)11-12-7-3-2-4-8-12;1-15-13-7-5-6-12(10-13)11-14-8-3-2-4-9-14;12-7-6-10-8-13-11(14-10)9-4-2-1-3-5-9;1-6(13)10-5-7-4-8(11)2-3-9(7)12-10;1-5-6(2-3-7)9-4-8-5;1-4-2-5-3-6-4;1-2/h2-3,6-7,10,13H,4-5,8-9,11-12H2,1H3;2-11H,1H3;2-10H,11H2,1H3;5-7,10H,2-4,8-9,11H2,1H3;1-5,8H,6-7,12H2,(H,13,14);2-5,12H,1H3;4H,2-3,7H2,1H3,(H,8,9);2-3H,1H3,(H,5,6);1-2H3. The van der Waals surface area contributed by atoms with E-state index in [2.05, 4.69) is 161 Å². The lowest BCUT2D eigenvalue weighted by Gasteiger charge is -2.29. The van der Waals surface area contributed by atoms with Gasteiger partial charge < -0.3 is 50.7 Å². The largest absolute Gasteiger partial charge is 0.497 e. The summed E-state index contributed by atoms with van der Waals surface area (Å²) in [4.78, 5) is 62.6. The summed E-state index contributed by atoms with van der Waals surface area (Å²) < 4.78 is 10.1. The van der Waals surface area contributed by atoms with Crippen molar-refractivity contribution in [2.45, 2.75) is 118 Å². The van der Waals surface area contributed by atoms with Crippen LogP contribution in [0.5, 0.6) is 5.75 Å². The van der Waals surface area contributed by atoms with E-state index in [9.17, 15) is 9.59 Å². The number of imidazole rings is 3. The molecule has 2 fully saturated rings. The van der Waals surface area contributed by atoms with E-state index in [-0.39, 0.29) is 11.9 Å². The Balaban J connectivity index is 0.000000168. The fourth-order valence-electron chi connectivity index (χ4n) is 13.1. The summed E-state index contributed by atoms with van der Waals surface area (Å²) in [6.45, 7) is 18.8. The molecule has 2 aliphatic heterocycles. The highest BCUT2D eigenvalue weighted by atomic mass is 35.5. The lowest BCUT2D eigenvalue weighted by Crippen LogP contribution is -2.36. The molecule has 8 heterocycles. The Morgan fingerprint density at radius 3 is 1.86 bits per heavy atom. The molecule has 0 radical (unpaired) electrons. The molecule has 2 saturated heterocycles. The number of hydrogen-bond acceptors (Lipinski definition) is 13.